The van der Waals surface area contributed by atoms with E-state index in [-0.39, 0.29) is 5.91 Å². The molecule has 26 heavy (non-hydrogen) atoms. The lowest BCUT2D eigenvalue weighted by atomic mass is 10.0. The molecule has 1 aliphatic rings. The van der Waals surface area contributed by atoms with E-state index in [1.807, 2.05) is 57.2 Å². The average molecular weight is 388 g/mol. The Morgan fingerprint density at radius 1 is 1.12 bits per heavy atom. The normalized spacial score (nSPS) is 16.0. The summed E-state index contributed by atoms with van der Waals surface area (Å²) >= 11 is 6.65. The monoisotopic (exact) mass is 387 g/mol. The van der Waals surface area contributed by atoms with Crippen molar-refractivity contribution < 1.29 is 14.3 Å². The zero-order chi connectivity index (χ0) is 18.7. The Balaban J connectivity index is 2.17. The Kier molecular flexibility index (Phi) is 5.84. The maximum absolute atomic E-state index is 12.6. The number of thiocarbonyl (C=S) groups is 1. The molecular weight excluding hydrogens is 366 g/mol. The summed E-state index contributed by atoms with van der Waals surface area (Å²) < 4.78 is 12.1. The molecule has 1 fully saturated rings. The van der Waals surface area contributed by atoms with Crippen molar-refractivity contribution in [2.24, 2.45) is 0 Å². The van der Waals surface area contributed by atoms with Crippen LogP contribution < -0.4 is 9.47 Å². The molecular formula is C20H21NO3S2. The number of ether oxygens (including phenoxy) is 2. The number of amides is 1. The second-order valence-electron chi connectivity index (χ2n) is 5.65. The van der Waals surface area contributed by atoms with E-state index < -0.39 is 0 Å². The molecule has 0 aromatic heterocycles. The number of benzene rings is 2. The van der Waals surface area contributed by atoms with Gasteiger partial charge in [0, 0.05) is 12.1 Å². The van der Waals surface area contributed by atoms with Crippen molar-refractivity contribution in [2.45, 2.75) is 20.8 Å². The zero-order valence-electron chi connectivity index (χ0n) is 15.1. The van der Waals surface area contributed by atoms with E-state index in [0.29, 0.717) is 29.0 Å². The molecule has 136 valence electrons. The highest BCUT2D eigenvalue weighted by Gasteiger charge is 2.31. The predicted octanol–water partition coefficient (Wildman–Crippen LogP) is 4.86. The summed E-state index contributed by atoms with van der Waals surface area (Å²) in [6, 6.07) is 9.92. The number of likely N-dealkylation sites (N-methyl/N-ethyl adjacent to an activating group) is 1. The maximum Gasteiger partial charge on any atom is 0.266 e. The molecule has 1 heterocycles. The van der Waals surface area contributed by atoms with Gasteiger partial charge in [0.1, 0.15) is 15.8 Å². The van der Waals surface area contributed by atoms with Crippen LogP contribution in [0, 0.1) is 0 Å². The van der Waals surface area contributed by atoms with E-state index in [2.05, 4.69) is 0 Å². The summed E-state index contributed by atoms with van der Waals surface area (Å²) in [5.74, 6) is 1.49. The third-order valence-corrected chi connectivity index (χ3v) is 5.45. The molecule has 1 saturated heterocycles. The van der Waals surface area contributed by atoms with E-state index in [0.717, 1.165) is 27.8 Å². The minimum Gasteiger partial charge on any atom is -0.494 e. The quantitative estimate of drug-likeness (QED) is 0.523. The van der Waals surface area contributed by atoms with Crippen LogP contribution in [0.2, 0.25) is 0 Å². The molecule has 0 bridgehead atoms. The van der Waals surface area contributed by atoms with Crippen LogP contribution in [0.4, 0.5) is 0 Å². The van der Waals surface area contributed by atoms with E-state index in [1.165, 1.54) is 11.8 Å². The highest BCUT2D eigenvalue weighted by Crippen LogP contribution is 2.37. The predicted molar refractivity (Wildman–Crippen MR) is 112 cm³/mol. The van der Waals surface area contributed by atoms with Gasteiger partial charge in [0.25, 0.3) is 5.91 Å². The van der Waals surface area contributed by atoms with Crippen molar-refractivity contribution in [1.29, 1.82) is 0 Å². The van der Waals surface area contributed by atoms with Gasteiger partial charge >= 0.3 is 0 Å². The van der Waals surface area contributed by atoms with Crippen molar-refractivity contribution >= 4 is 51.1 Å². The smallest absolute Gasteiger partial charge is 0.266 e. The van der Waals surface area contributed by atoms with Gasteiger partial charge in [0.05, 0.1) is 18.1 Å². The van der Waals surface area contributed by atoms with Gasteiger partial charge in [-0.25, -0.2) is 0 Å². The van der Waals surface area contributed by atoms with Crippen LogP contribution in [0.5, 0.6) is 11.5 Å². The number of carbonyl (C=O) groups excluding carboxylic acids is 1. The van der Waals surface area contributed by atoms with Crippen LogP contribution in [-0.2, 0) is 4.79 Å². The summed E-state index contributed by atoms with van der Waals surface area (Å²) in [6.45, 7) is 7.55. The Hall–Kier alpha value is -2.05. The van der Waals surface area contributed by atoms with Gasteiger partial charge in [-0.2, -0.15) is 0 Å². The lowest BCUT2D eigenvalue weighted by Gasteiger charge is -2.13. The first kappa shape index (κ1) is 18.7. The Bertz CT molecular complexity index is 887. The van der Waals surface area contributed by atoms with Crippen molar-refractivity contribution in [1.82, 2.24) is 4.90 Å². The number of rotatable bonds is 6. The summed E-state index contributed by atoms with van der Waals surface area (Å²) in [7, 11) is 0. The van der Waals surface area contributed by atoms with E-state index in [4.69, 9.17) is 21.7 Å². The van der Waals surface area contributed by atoms with Gasteiger partial charge in [0.15, 0.2) is 0 Å². The Morgan fingerprint density at radius 2 is 1.85 bits per heavy atom. The van der Waals surface area contributed by atoms with Gasteiger partial charge in [-0.3, -0.25) is 9.69 Å². The number of nitrogens with zero attached hydrogens (tertiary/aromatic N) is 1. The summed E-state index contributed by atoms with van der Waals surface area (Å²) in [4.78, 5) is 14.8. The fourth-order valence-electron chi connectivity index (χ4n) is 2.89. The standard InChI is InChI=1S/C20H21NO3S2/c1-4-21-19(22)18(26-20(21)25)12-16-15-11-14(23-5-2)9-7-13(15)8-10-17(16)24-6-3/h7-12H,4-6H2,1-3H3/b18-12-. The SMILES string of the molecule is CCOc1ccc2ccc(OCC)c(/C=C3\SC(=S)N(CC)C3=O)c2c1. The highest BCUT2D eigenvalue weighted by molar-refractivity contribution is 8.26. The highest BCUT2D eigenvalue weighted by atomic mass is 32.2. The molecule has 0 radical (unpaired) electrons. The van der Waals surface area contributed by atoms with E-state index in [9.17, 15) is 4.79 Å². The minimum atomic E-state index is -0.0529. The first-order valence-electron chi connectivity index (χ1n) is 8.66. The molecule has 0 N–H and O–H groups in total. The zero-order valence-corrected chi connectivity index (χ0v) is 16.7. The summed E-state index contributed by atoms with van der Waals surface area (Å²) in [5, 5.41) is 2.05. The molecule has 2 aromatic carbocycles. The Labute approximate surface area is 163 Å². The van der Waals surface area contributed by atoms with Gasteiger partial charge in [-0.15, -0.1) is 0 Å². The third-order valence-electron chi connectivity index (χ3n) is 4.07. The van der Waals surface area contributed by atoms with Crippen LogP contribution in [-0.4, -0.2) is 34.9 Å². The molecule has 6 heteroatoms. The van der Waals surface area contributed by atoms with Crippen molar-refractivity contribution in [2.75, 3.05) is 19.8 Å². The number of hydrogen-bond donors (Lipinski definition) is 0. The van der Waals surface area contributed by atoms with Crippen LogP contribution in [0.15, 0.2) is 35.2 Å². The number of thioether (sulfide) groups is 1. The van der Waals surface area contributed by atoms with Gasteiger partial charge in [-0.05, 0) is 55.8 Å². The second-order valence-corrected chi connectivity index (χ2v) is 7.33. The lowest BCUT2D eigenvalue weighted by Crippen LogP contribution is -2.27. The van der Waals surface area contributed by atoms with Crippen molar-refractivity contribution in [3.8, 4) is 11.5 Å². The fraction of sp³-hybridized carbons (Fsp3) is 0.300. The number of carbonyl (C=O) groups is 1. The largest absolute Gasteiger partial charge is 0.494 e. The van der Waals surface area contributed by atoms with Crippen LogP contribution >= 0.6 is 24.0 Å². The van der Waals surface area contributed by atoms with E-state index in [1.54, 1.807) is 4.90 Å². The second kappa shape index (κ2) is 8.10. The molecule has 0 saturated carbocycles. The van der Waals surface area contributed by atoms with Crippen molar-refractivity contribution in [3.05, 3.63) is 40.8 Å². The number of fused-ring (bicyclic) bond motifs is 1. The van der Waals surface area contributed by atoms with Crippen LogP contribution in [0.25, 0.3) is 16.8 Å². The molecule has 0 atom stereocenters. The summed E-state index contributed by atoms with van der Waals surface area (Å²) in [6.07, 6.45) is 1.89. The third kappa shape index (κ3) is 3.57. The molecule has 0 aliphatic carbocycles. The molecule has 1 amide bonds. The average Bonchev–Trinajstić information content (AvgIpc) is 2.90. The van der Waals surface area contributed by atoms with Gasteiger partial charge in [-0.1, -0.05) is 36.1 Å². The number of hydrogen-bond acceptors (Lipinski definition) is 5. The van der Waals surface area contributed by atoms with Gasteiger partial charge < -0.3 is 9.47 Å². The molecule has 0 unspecified atom stereocenters. The van der Waals surface area contributed by atoms with Crippen LogP contribution in [0.1, 0.15) is 26.3 Å². The van der Waals surface area contributed by atoms with E-state index >= 15 is 0 Å². The first-order valence-corrected chi connectivity index (χ1v) is 9.89. The molecule has 1 aliphatic heterocycles. The molecule has 0 spiro atoms. The van der Waals surface area contributed by atoms with Crippen LogP contribution in [0.3, 0.4) is 0 Å². The molecule has 4 nitrogen and oxygen atoms in total. The van der Waals surface area contributed by atoms with Gasteiger partial charge in [0.2, 0.25) is 0 Å². The summed E-state index contributed by atoms with van der Waals surface area (Å²) in [5.41, 5.74) is 0.877. The topological polar surface area (TPSA) is 38.8 Å². The maximum atomic E-state index is 12.6. The lowest BCUT2D eigenvalue weighted by molar-refractivity contribution is -0.121. The Morgan fingerprint density at radius 3 is 2.50 bits per heavy atom. The minimum absolute atomic E-state index is 0.0529. The first-order chi connectivity index (χ1) is 12.6. The fourth-order valence-corrected chi connectivity index (χ4v) is 4.26. The molecule has 3 rings (SSSR count). The molecule has 2 aromatic rings. The van der Waals surface area contributed by atoms with Crippen molar-refractivity contribution in [3.63, 3.8) is 0 Å².